The quantitative estimate of drug-likeness (QED) is 0.663. The van der Waals surface area contributed by atoms with E-state index in [1.807, 2.05) is 19.9 Å². The highest BCUT2D eigenvalue weighted by Gasteiger charge is 2.35. The minimum Gasteiger partial charge on any atom is -0.327 e. The molecule has 1 heterocycles. The molecule has 1 saturated heterocycles. The fraction of sp³-hybridized carbons (Fsp3) is 0.800. The van der Waals surface area contributed by atoms with Crippen LogP contribution in [0, 0.1) is 17.2 Å². The molecule has 16 heavy (non-hydrogen) atoms. The van der Waals surface area contributed by atoms with E-state index in [1.54, 1.807) is 0 Å². The second kappa shape index (κ2) is 4.83. The van der Waals surface area contributed by atoms with Crippen molar-refractivity contribution in [2.75, 3.05) is 18.1 Å². The smallest absolute Gasteiger partial charge is 0.227 e. The maximum Gasteiger partial charge on any atom is 0.227 e. The number of hydrogen-bond donors (Lipinski definition) is 0. The van der Waals surface area contributed by atoms with E-state index in [9.17, 15) is 13.2 Å². The SMILES string of the molecule is CC(C)N(CC#N)C(=O)C1CCS(=O)(=O)C1. The number of sulfone groups is 1. The molecule has 1 unspecified atom stereocenters. The molecular formula is C10H16N2O3S. The lowest BCUT2D eigenvalue weighted by Crippen LogP contribution is -2.41. The summed E-state index contributed by atoms with van der Waals surface area (Å²) in [6.45, 7) is 3.66. The summed E-state index contributed by atoms with van der Waals surface area (Å²) in [6.07, 6.45) is 0.385. The second-order valence-electron chi connectivity index (χ2n) is 4.32. The minimum atomic E-state index is -3.05. The van der Waals surface area contributed by atoms with Gasteiger partial charge in [0.1, 0.15) is 6.54 Å². The summed E-state index contributed by atoms with van der Waals surface area (Å²) in [6, 6.07) is 1.86. The Labute approximate surface area is 96.0 Å². The summed E-state index contributed by atoms with van der Waals surface area (Å²) in [4.78, 5) is 13.4. The third-order valence-corrected chi connectivity index (χ3v) is 4.50. The van der Waals surface area contributed by atoms with Crippen LogP contribution in [0.3, 0.4) is 0 Å². The van der Waals surface area contributed by atoms with Gasteiger partial charge >= 0.3 is 0 Å². The van der Waals surface area contributed by atoms with Crippen molar-refractivity contribution in [2.24, 2.45) is 5.92 Å². The Hall–Kier alpha value is -1.09. The van der Waals surface area contributed by atoms with Gasteiger partial charge < -0.3 is 4.90 Å². The number of nitrogens with zero attached hydrogens (tertiary/aromatic N) is 2. The maximum atomic E-state index is 12.0. The zero-order chi connectivity index (χ0) is 12.3. The van der Waals surface area contributed by atoms with Crippen LogP contribution in [-0.4, -0.2) is 43.3 Å². The minimum absolute atomic E-state index is 0.0209. The van der Waals surface area contributed by atoms with Gasteiger partial charge in [0, 0.05) is 6.04 Å². The molecule has 0 saturated carbocycles. The maximum absolute atomic E-state index is 12.0. The van der Waals surface area contributed by atoms with E-state index in [1.165, 1.54) is 4.90 Å². The molecule has 1 rings (SSSR count). The lowest BCUT2D eigenvalue weighted by atomic mass is 10.1. The van der Waals surface area contributed by atoms with Crippen LogP contribution in [0.25, 0.3) is 0 Å². The molecule has 90 valence electrons. The normalized spacial score (nSPS) is 23.0. The number of hydrogen-bond acceptors (Lipinski definition) is 4. The van der Waals surface area contributed by atoms with Crippen molar-refractivity contribution in [3.05, 3.63) is 0 Å². The van der Waals surface area contributed by atoms with Crippen molar-refractivity contribution >= 4 is 15.7 Å². The third-order valence-electron chi connectivity index (χ3n) is 2.73. The van der Waals surface area contributed by atoms with Gasteiger partial charge in [-0.1, -0.05) is 0 Å². The Balaban J connectivity index is 2.74. The molecule has 5 nitrogen and oxygen atoms in total. The van der Waals surface area contributed by atoms with E-state index in [2.05, 4.69) is 0 Å². The number of amides is 1. The highest BCUT2D eigenvalue weighted by atomic mass is 32.2. The van der Waals surface area contributed by atoms with Crippen LogP contribution in [0.2, 0.25) is 0 Å². The van der Waals surface area contributed by atoms with E-state index in [0.29, 0.717) is 6.42 Å². The van der Waals surface area contributed by atoms with Crippen molar-refractivity contribution in [3.63, 3.8) is 0 Å². The molecule has 0 bridgehead atoms. The topological polar surface area (TPSA) is 78.2 Å². The Morgan fingerprint density at radius 2 is 2.19 bits per heavy atom. The second-order valence-corrected chi connectivity index (χ2v) is 6.55. The molecule has 0 radical (unpaired) electrons. The molecule has 0 aromatic rings. The van der Waals surface area contributed by atoms with Gasteiger partial charge in [0.2, 0.25) is 5.91 Å². The fourth-order valence-corrected chi connectivity index (χ4v) is 3.55. The molecule has 0 N–H and O–H groups in total. The zero-order valence-corrected chi connectivity index (χ0v) is 10.3. The summed E-state index contributed by atoms with van der Waals surface area (Å²) in [5.74, 6) is -0.652. The van der Waals surface area contributed by atoms with Crippen LogP contribution < -0.4 is 0 Å². The lowest BCUT2D eigenvalue weighted by molar-refractivity contribution is -0.135. The third kappa shape index (κ3) is 2.95. The van der Waals surface area contributed by atoms with Gasteiger partial charge in [-0.15, -0.1) is 0 Å². The summed E-state index contributed by atoms with van der Waals surface area (Å²) in [7, 11) is -3.05. The monoisotopic (exact) mass is 244 g/mol. The van der Waals surface area contributed by atoms with Crippen LogP contribution in [-0.2, 0) is 14.6 Å². The molecule has 0 aromatic carbocycles. The average molecular weight is 244 g/mol. The first-order valence-corrected chi connectivity index (χ1v) is 7.07. The first kappa shape index (κ1) is 13.0. The molecule has 0 aliphatic carbocycles. The summed E-state index contributed by atoms with van der Waals surface area (Å²) in [5.41, 5.74) is 0. The molecule has 0 spiro atoms. The van der Waals surface area contributed by atoms with Crippen molar-refractivity contribution in [3.8, 4) is 6.07 Å². The Morgan fingerprint density at radius 1 is 1.56 bits per heavy atom. The molecule has 1 atom stereocenters. The molecular weight excluding hydrogens is 228 g/mol. The van der Waals surface area contributed by atoms with Crippen LogP contribution in [0.4, 0.5) is 0 Å². The predicted octanol–water partition coefficient (Wildman–Crippen LogP) is 0.182. The molecule has 0 aromatic heterocycles. The first-order valence-electron chi connectivity index (χ1n) is 5.25. The molecule has 1 amide bonds. The summed E-state index contributed by atoms with van der Waals surface area (Å²) in [5, 5.41) is 8.62. The lowest BCUT2D eigenvalue weighted by Gasteiger charge is -2.26. The van der Waals surface area contributed by atoms with E-state index >= 15 is 0 Å². The van der Waals surface area contributed by atoms with Gasteiger partial charge in [0.05, 0.1) is 23.5 Å². The molecule has 1 aliphatic rings. The average Bonchev–Trinajstić information content (AvgIpc) is 2.53. The molecule has 1 aliphatic heterocycles. The van der Waals surface area contributed by atoms with Crippen molar-refractivity contribution in [1.29, 1.82) is 5.26 Å². The van der Waals surface area contributed by atoms with Crippen LogP contribution in [0.15, 0.2) is 0 Å². The highest BCUT2D eigenvalue weighted by Crippen LogP contribution is 2.21. The van der Waals surface area contributed by atoms with E-state index < -0.39 is 15.8 Å². The van der Waals surface area contributed by atoms with E-state index in [0.717, 1.165) is 0 Å². The van der Waals surface area contributed by atoms with Gasteiger partial charge in [0.25, 0.3) is 0 Å². The van der Waals surface area contributed by atoms with Gasteiger partial charge in [-0.25, -0.2) is 8.42 Å². The summed E-state index contributed by atoms with van der Waals surface area (Å²) >= 11 is 0. The number of rotatable bonds is 3. The Kier molecular flexibility index (Phi) is 3.92. The van der Waals surface area contributed by atoms with E-state index in [4.69, 9.17) is 5.26 Å². The summed E-state index contributed by atoms with van der Waals surface area (Å²) < 4.78 is 22.5. The molecule has 6 heteroatoms. The van der Waals surface area contributed by atoms with Gasteiger partial charge in [-0.05, 0) is 20.3 Å². The largest absolute Gasteiger partial charge is 0.327 e. The standard InChI is InChI=1S/C10H16N2O3S/c1-8(2)12(5-4-11)10(13)9-3-6-16(14,15)7-9/h8-9H,3,5-7H2,1-2H3. The first-order chi connectivity index (χ1) is 7.37. The number of nitriles is 1. The zero-order valence-electron chi connectivity index (χ0n) is 9.51. The van der Waals surface area contributed by atoms with Crippen molar-refractivity contribution < 1.29 is 13.2 Å². The fourth-order valence-electron chi connectivity index (χ4n) is 1.82. The van der Waals surface area contributed by atoms with Crippen molar-refractivity contribution in [1.82, 2.24) is 4.90 Å². The Morgan fingerprint density at radius 3 is 2.56 bits per heavy atom. The number of carbonyl (C=O) groups excluding carboxylic acids is 1. The Bertz CT molecular complexity index is 408. The molecule has 1 fully saturated rings. The van der Waals surface area contributed by atoms with Gasteiger partial charge in [0.15, 0.2) is 9.84 Å². The van der Waals surface area contributed by atoms with Crippen LogP contribution >= 0.6 is 0 Å². The number of carbonyl (C=O) groups is 1. The van der Waals surface area contributed by atoms with Gasteiger partial charge in [-0.2, -0.15) is 5.26 Å². The van der Waals surface area contributed by atoms with Crippen molar-refractivity contribution in [2.45, 2.75) is 26.3 Å². The predicted molar refractivity (Wildman–Crippen MR) is 59.2 cm³/mol. The van der Waals surface area contributed by atoms with Crippen LogP contribution in [0.1, 0.15) is 20.3 Å². The van der Waals surface area contributed by atoms with Gasteiger partial charge in [-0.3, -0.25) is 4.79 Å². The van der Waals surface area contributed by atoms with E-state index in [-0.39, 0.29) is 30.0 Å². The van der Waals surface area contributed by atoms with Crippen LogP contribution in [0.5, 0.6) is 0 Å². The highest BCUT2D eigenvalue weighted by molar-refractivity contribution is 7.91.